The standard InChI is InChI=1S/C26H25NO3S/c1-2-3-6-15-24(27-30-26(29)21-11-7-4-8-12-21)25(28)20-16-18-23(19-17-20)31-22-13-9-5-10-14-22/h4-5,7-14,16-19H,2-3,6,15H2,1H3/b27-24-. The van der Waals surface area contributed by atoms with E-state index in [4.69, 9.17) is 4.84 Å². The Morgan fingerprint density at radius 1 is 0.774 bits per heavy atom. The highest BCUT2D eigenvalue weighted by Crippen LogP contribution is 2.27. The van der Waals surface area contributed by atoms with Crippen LogP contribution in [0, 0.1) is 0 Å². The van der Waals surface area contributed by atoms with Gasteiger partial charge in [0.05, 0.1) is 5.56 Å². The molecule has 0 aliphatic carbocycles. The predicted octanol–water partition coefficient (Wildman–Crippen LogP) is 6.81. The molecule has 0 aliphatic heterocycles. The molecular formula is C26H25NO3S. The molecule has 158 valence electrons. The summed E-state index contributed by atoms with van der Waals surface area (Å²) in [6.07, 6.45) is 3.28. The topological polar surface area (TPSA) is 55.7 Å². The lowest BCUT2D eigenvalue weighted by Gasteiger charge is -2.07. The van der Waals surface area contributed by atoms with Crippen molar-refractivity contribution in [1.29, 1.82) is 0 Å². The van der Waals surface area contributed by atoms with E-state index in [2.05, 4.69) is 12.1 Å². The molecule has 0 heterocycles. The molecule has 0 fully saturated rings. The van der Waals surface area contributed by atoms with Gasteiger partial charge in [-0.05, 0) is 61.4 Å². The van der Waals surface area contributed by atoms with Crippen molar-refractivity contribution in [1.82, 2.24) is 0 Å². The summed E-state index contributed by atoms with van der Waals surface area (Å²) in [5.74, 6) is -0.788. The quantitative estimate of drug-likeness (QED) is 0.116. The van der Waals surface area contributed by atoms with Crippen molar-refractivity contribution in [2.45, 2.75) is 42.4 Å². The number of benzene rings is 3. The lowest BCUT2D eigenvalue weighted by Crippen LogP contribution is -2.16. The molecule has 0 spiro atoms. The summed E-state index contributed by atoms with van der Waals surface area (Å²) >= 11 is 1.63. The Bertz CT molecular complexity index is 1020. The van der Waals surface area contributed by atoms with Gasteiger partial charge in [-0.25, -0.2) is 4.79 Å². The lowest BCUT2D eigenvalue weighted by molar-refractivity contribution is 0.0514. The van der Waals surface area contributed by atoms with Crippen LogP contribution in [0.2, 0.25) is 0 Å². The van der Waals surface area contributed by atoms with Crippen molar-refractivity contribution in [3.63, 3.8) is 0 Å². The third-order valence-corrected chi connectivity index (χ3v) is 5.64. The Balaban J connectivity index is 1.71. The fourth-order valence-electron chi connectivity index (χ4n) is 2.93. The van der Waals surface area contributed by atoms with Gasteiger partial charge in [0.15, 0.2) is 0 Å². The maximum Gasteiger partial charge on any atom is 0.365 e. The van der Waals surface area contributed by atoms with Crippen LogP contribution < -0.4 is 0 Å². The second-order valence-corrected chi connectivity index (χ2v) is 8.16. The number of hydrogen-bond donors (Lipinski definition) is 0. The second kappa shape index (κ2) is 11.9. The average molecular weight is 432 g/mol. The largest absolute Gasteiger partial charge is 0.365 e. The Morgan fingerprint density at radius 3 is 2.03 bits per heavy atom. The predicted molar refractivity (Wildman–Crippen MR) is 125 cm³/mol. The van der Waals surface area contributed by atoms with E-state index in [0.29, 0.717) is 17.5 Å². The van der Waals surface area contributed by atoms with E-state index in [1.807, 2.05) is 48.5 Å². The van der Waals surface area contributed by atoms with Crippen LogP contribution >= 0.6 is 11.8 Å². The molecule has 3 aromatic carbocycles. The van der Waals surface area contributed by atoms with Crippen molar-refractivity contribution in [3.05, 3.63) is 96.1 Å². The lowest BCUT2D eigenvalue weighted by atomic mass is 10.0. The van der Waals surface area contributed by atoms with Crippen molar-refractivity contribution in [2.24, 2.45) is 5.16 Å². The van der Waals surface area contributed by atoms with Crippen LogP contribution in [-0.4, -0.2) is 17.5 Å². The van der Waals surface area contributed by atoms with Crippen molar-refractivity contribution in [3.8, 4) is 0 Å². The SMILES string of the molecule is CCCCC/C(=N/OC(=O)c1ccccc1)C(=O)c1ccc(Sc2ccccc2)cc1. The van der Waals surface area contributed by atoms with Gasteiger partial charge in [-0.15, -0.1) is 0 Å². The second-order valence-electron chi connectivity index (χ2n) is 7.01. The number of hydrogen-bond acceptors (Lipinski definition) is 5. The average Bonchev–Trinajstić information content (AvgIpc) is 2.82. The van der Waals surface area contributed by atoms with Gasteiger partial charge in [0.25, 0.3) is 0 Å². The molecule has 31 heavy (non-hydrogen) atoms. The minimum absolute atomic E-state index is 0.215. The van der Waals surface area contributed by atoms with Crippen LogP contribution in [-0.2, 0) is 4.84 Å². The number of carbonyl (C=O) groups is 2. The van der Waals surface area contributed by atoms with Gasteiger partial charge in [-0.2, -0.15) is 0 Å². The van der Waals surface area contributed by atoms with Crippen LogP contribution in [0.4, 0.5) is 0 Å². The van der Waals surface area contributed by atoms with Gasteiger partial charge < -0.3 is 4.84 Å². The zero-order valence-electron chi connectivity index (χ0n) is 17.5. The Labute approximate surface area is 187 Å². The first-order valence-corrected chi connectivity index (χ1v) is 11.2. The number of rotatable bonds is 10. The zero-order valence-corrected chi connectivity index (χ0v) is 18.3. The van der Waals surface area contributed by atoms with E-state index < -0.39 is 5.97 Å². The summed E-state index contributed by atoms with van der Waals surface area (Å²) < 4.78 is 0. The summed E-state index contributed by atoms with van der Waals surface area (Å²) in [4.78, 5) is 32.5. The van der Waals surface area contributed by atoms with Gasteiger partial charge in [0.2, 0.25) is 5.78 Å². The van der Waals surface area contributed by atoms with Crippen molar-refractivity contribution < 1.29 is 14.4 Å². The fraction of sp³-hybridized carbons (Fsp3) is 0.192. The molecule has 3 rings (SSSR count). The molecule has 0 N–H and O–H groups in total. The van der Waals surface area contributed by atoms with Crippen LogP contribution in [0.1, 0.15) is 53.3 Å². The summed E-state index contributed by atoms with van der Waals surface area (Å²) in [5, 5.41) is 3.95. The highest BCUT2D eigenvalue weighted by atomic mass is 32.2. The molecule has 3 aromatic rings. The maximum absolute atomic E-state index is 13.0. The monoisotopic (exact) mass is 431 g/mol. The third kappa shape index (κ3) is 6.93. The van der Waals surface area contributed by atoms with Crippen molar-refractivity contribution in [2.75, 3.05) is 0 Å². The zero-order chi connectivity index (χ0) is 21.9. The number of oxime groups is 1. The molecule has 4 nitrogen and oxygen atoms in total. The highest BCUT2D eigenvalue weighted by molar-refractivity contribution is 7.99. The molecule has 0 saturated carbocycles. The normalized spacial score (nSPS) is 11.2. The van der Waals surface area contributed by atoms with Crippen LogP contribution in [0.3, 0.4) is 0 Å². The summed E-state index contributed by atoms with van der Waals surface area (Å²) in [6.45, 7) is 2.09. The van der Waals surface area contributed by atoms with E-state index >= 15 is 0 Å². The van der Waals surface area contributed by atoms with Gasteiger partial charge in [-0.3, -0.25) is 4.79 Å². The molecule has 0 amide bonds. The Morgan fingerprint density at radius 2 is 1.39 bits per heavy atom. The molecule has 0 unspecified atom stereocenters. The molecule has 5 heteroatoms. The van der Waals surface area contributed by atoms with Gasteiger partial charge in [0, 0.05) is 15.4 Å². The van der Waals surface area contributed by atoms with E-state index in [1.165, 1.54) is 0 Å². The number of carbonyl (C=O) groups excluding carboxylic acids is 2. The fourth-order valence-corrected chi connectivity index (χ4v) is 3.77. The maximum atomic E-state index is 13.0. The van der Waals surface area contributed by atoms with Gasteiger partial charge >= 0.3 is 5.97 Å². The molecule has 0 atom stereocenters. The van der Waals surface area contributed by atoms with E-state index in [9.17, 15) is 9.59 Å². The summed E-state index contributed by atoms with van der Waals surface area (Å²) in [5.41, 5.74) is 1.19. The van der Waals surface area contributed by atoms with Gasteiger partial charge in [-0.1, -0.05) is 73.1 Å². The summed E-state index contributed by atoms with van der Waals surface area (Å²) in [6, 6.07) is 26.1. The summed E-state index contributed by atoms with van der Waals surface area (Å²) in [7, 11) is 0. The van der Waals surface area contributed by atoms with E-state index in [0.717, 1.165) is 29.1 Å². The Hall–Kier alpha value is -3.18. The highest BCUT2D eigenvalue weighted by Gasteiger charge is 2.16. The minimum Gasteiger partial charge on any atom is -0.312 e. The molecule has 0 radical (unpaired) electrons. The van der Waals surface area contributed by atoms with Gasteiger partial charge in [0.1, 0.15) is 5.71 Å². The van der Waals surface area contributed by atoms with E-state index in [-0.39, 0.29) is 11.5 Å². The van der Waals surface area contributed by atoms with Crippen LogP contribution in [0.25, 0.3) is 0 Å². The first-order valence-electron chi connectivity index (χ1n) is 10.4. The molecule has 0 bridgehead atoms. The third-order valence-electron chi connectivity index (χ3n) is 4.62. The molecule has 0 aromatic heterocycles. The number of Topliss-reactive ketones (excluding diaryl/α,β-unsaturated/α-hetero) is 1. The Kier molecular flexibility index (Phi) is 8.61. The molecular weight excluding hydrogens is 406 g/mol. The number of nitrogens with zero attached hydrogens (tertiary/aromatic N) is 1. The van der Waals surface area contributed by atoms with Crippen molar-refractivity contribution >= 4 is 29.2 Å². The van der Waals surface area contributed by atoms with Crippen LogP contribution in [0.5, 0.6) is 0 Å². The van der Waals surface area contributed by atoms with E-state index in [1.54, 1.807) is 48.2 Å². The smallest absolute Gasteiger partial charge is 0.312 e. The van der Waals surface area contributed by atoms with Crippen LogP contribution in [0.15, 0.2) is 99.9 Å². The minimum atomic E-state index is -0.573. The first kappa shape index (κ1) is 22.5. The first-order chi connectivity index (χ1) is 15.2. The molecule has 0 saturated heterocycles. The number of ketones is 1. The molecule has 0 aliphatic rings. The number of unbranched alkanes of at least 4 members (excludes halogenated alkanes) is 2.